The number of carbonyl (C=O) groups excluding carboxylic acids is 1. The topological polar surface area (TPSA) is 62.2 Å². The Morgan fingerprint density at radius 3 is 3.08 bits per heavy atom. The monoisotopic (exact) mass is 200 g/mol. The van der Waals surface area contributed by atoms with Gasteiger partial charge in [0.15, 0.2) is 0 Å². The van der Waals surface area contributed by atoms with E-state index in [0.717, 1.165) is 4.88 Å². The van der Waals surface area contributed by atoms with Gasteiger partial charge in [0.1, 0.15) is 5.69 Å². The molecule has 0 aromatic carbocycles. The number of aromatic nitrogens is 1. The maximum Gasteiger partial charge on any atom is 0.270 e. The van der Waals surface area contributed by atoms with E-state index >= 15 is 0 Å². The molecule has 0 bridgehead atoms. The van der Waals surface area contributed by atoms with Crippen LogP contribution in [0.1, 0.15) is 21.8 Å². The van der Waals surface area contributed by atoms with Crippen molar-refractivity contribution in [2.75, 3.05) is 13.2 Å². The predicted octanol–water partition coefficient (Wildman–Crippen LogP) is 0.564. The predicted molar refractivity (Wildman–Crippen MR) is 50.9 cm³/mol. The Kier molecular flexibility index (Phi) is 3.85. The number of nitrogens with zero attached hydrogens (tertiary/aromatic N) is 1. The Labute approximate surface area is 80.8 Å². The SMILES string of the molecule is Cc1cc(C(=O)NCCCO)ns1. The third-order valence-corrected chi connectivity index (χ3v) is 2.17. The van der Waals surface area contributed by atoms with Crippen LogP contribution in [0.5, 0.6) is 0 Å². The average Bonchev–Trinajstić information content (AvgIpc) is 2.52. The number of carbonyl (C=O) groups is 1. The standard InChI is InChI=1S/C8H12N2O2S/c1-6-5-7(10-13-6)8(12)9-3-2-4-11/h5,11H,2-4H2,1H3,(H,9,12). The maximum atomic E-state index is 11.3. The van der Waals surface area contributed by atoms with E-state index in [1.165, 1.54) is 11.5 Å². The van der Waals surface area contributed by atoms with E-state index in [4.69, 9.17) is 5.11 Å². The van der Waals surface area contributed by atoms with E-state index in [2.05, 4.69) is 9.69 Å². The van der Waals surface area contributed by atoms with Crippen LogP contribution in [0.25, 0.3) is 0 Å². The normalized spacial score (nSPS) is 10.0. The van der Waals surface area contributed by atoms with Crippen molar-refractivity contribution in [2.24, 2.45) is 0 Å². The molecule has 4 nitrogen and oxygen atoms in total. The minimum atomic E-state index is -0.169. The summed E-state index contributed by atoms with van der Waals surface area (Å²) in [7, 11) is 0. The van der Waals surface area contributed by atoms with Crippen molar-refractivity contribution in [2.45, 2.75) is 13.3 Å². The average molecular weight is 200 g/mol. The number of nitrogens with one attached hydrogen (secondary N) is 1. The zero-order valence-corrected chi connectivity index (χ0v) is 8.23. The highest BCUT2D eigenvalue weighted by Gasteiger charge is 2.07. The Hall–Kier alpha value is -0.940. The second-order valence-corrected chi connectivity index (χ2v) is 3.66. The van der Waals surface area contributed by atoms with Gasteiger partial charge in [-0.2, -0.15) is 4.37 Å². The molecule has 0 saturated heterocycles. The van der Waals surface area contributed by atoms with Gasteiger partial charge >= 0.3 is 0 Å². The molecule has 0 atom stereocenters. The van der Waals surface area contributed by atoms with Crippen molar-refractivity contribution in [1.29, 1.82) is 0 Å². The van der Waals surface area contributed by atoms with Crippen molar-refractivity contribution in [3.63, 3.8) is 0 Å². The van der Waals surface area contributed by atoms with Gasteiger partial charge in [0.05, 0.1) is 0 Å². The highest BCUT2D eigenvalue weighted by molar-refractivity contribution is 7.05. The van der Waals surface area contributed by atoms with Gasteiger partial charge in [-0.1, -0.05) is 0 Å². The van der Waals surface area contributed by atoms with Crippen LogP contribution in [-0.4, -0.2) is 28.5 Å². The molecule has 0 radical (unpaired) electrons. The molecule has 2 N–H and O–H groups in total. The maximum absolute atomic E-state index is 11.3. The number of aryl methyl sites for hydroxylation is 1. The van der Waals surface area contributed by atoms with E-state index in [0.29, 0.717) is 18.7 Å². The molecule has 0 saturated carbocycles. The van der Waals surface area contributed by atoms with Gasteiger partial charge in [-0.3, -0.25) is 4.79 Å². The summed E-state index contributed by atoms with van der Waals surface area (Å²) in [6.07, 6.45) is 0.578. The van der Waals surface area contributed by atoms with Gasteiger partial charge in [0.25, 0.3) is 5.91 Å². The lowest BCUT2D eigenvalue weighted by molar-refractivity contribution is 0.0947. The number of aliphatic hydroxyl groups is 1. The molecule has 72 valence electrons. The molecule has 0 spiro atoms. The van der Waals surface area contributed by atoms with Gasteiger partial charge in [0, 0.05) is 18.0 Å². The Bertz CT molecular complexity index is 285. The minimum Gasteiger partial charge on any atom is -0.396 e. The first-order valence-corrected chi connectivity index (χ1v) is 4.83. The van der Waals surface area contributed by atoms with E-state index in [-0.39, 0.29) is 12.5 Å². The highest BCUT2D eigenvalue weighted by Crippen LogP contribution is 2.07. The van der Waals surface area contributed by atoms with Gasteiger partial charge in [-0.15, -0.1) is 0 Å². The first kappa shape index (κ1) is 10.1. The molecular weight excluding hydrogens is 188 g/mol. The van der Waals surface area contributed by atoms with Crippen LogP contribution in [-0.2, 0) is 0 Å². The number of hydrogen-bond donors (Lipinski definition) is 2. The van der Waals surface area contributed by atoms with Crippen LogP contribution < -0.4 is 5.32 Å². The lowest BCUT2D eigenvalue weighted by Gasteiger charge is -1.99. The number of rotatable bonds is 4. The lowest BCUT2D eigenvalue weighted by Crippen LogP contribution is -2.25. The molecule has 1 heterocycles. The summed E-state index contributed by atoms with van der Waals surface area (Å²) in [5.41, 5.74) is 0.459. The van der Waals surface area contributed by atoms with Crippen LogP contribution >= 0.6 is 11.5 Å². The van der Waals surface area contributed by atoms with Gasteiger partial charge in [-0.05, 0) is 30.9 Å². The molecule has 0 aliphatic carbocycles. The lowest BCUT2D eigenvalue weighted by atomic mass is 10.3. The quantitative estimate of drug-likeness (QED) is 0.698. The number of aliphatic hydroxyl groups excluding tert-OH is 1. The molecule has 5 heteroatoms. The van der Waals surface area contributed by atoms with E-state index in [9.17, 15) is 4.79 Å². The van der Waals surface area contributed by atoms with Crippen molar-refractivity contribution < 1.29 is 9.90 Å². The fourth-order valence-electron chi connectivity index (χ4n) is 0.845. The molecule has 1 aromatic rings. The molecule has 1 amide bonds. The molecule has 1 rings (SSSR count). The van der Waals surface area contributed by atoms with Crippen LogP contribution in [0.4, 0.5) is 0 Å². The molecule has 0 aliphatic heterocycles. The number of hydrogen-bond acceptors (Lipinski definition) is 4. The summed E-state index contributed by atoms with van der Waals surface area (Å²) in [5.74, 6) is -0.169. The molecule has 13 heavy (non-hydrogen) atoms. The molecule has 0 aliphatic rings. The van der Waals surface area contributed by atoms with E-state index in [1.807, 2.05) is 6.92 Å². The second-order valence-electron chi connectivity index (χ2n) is 2.66. The van der Waals surface area contributed by atoms with Crippen molar-refractivity contribution in [3.05, 3.63) is 16.6 Å². The highest BCUT2D eigenvalue weighted by atomic mass is 32.1. The Balaban J connectivity index is 2.40. The van der Waals surface area contributed by atoms with Crippen LogP contribution in [0.3, 0.4) is 0 Å². The second kappa shape index (κ2) is 4.94. The van der Waals surface area contributed by atoms with Crippen molar-refractivity contribution in [3.8, 4) is 0 Å². The van der Waals surface area contributed by atoms with Crippen molar-refractivity contribution in [1.82, 2.24) is 9.69 Å². The smallest absolute Gasteiger partial charge is 0.270 e. The summed E-state index contributed by atoms with van der Waals surface area (Å²) in [5, 5.41) is 11.1. The summed E-state index contributed by atoms with van der Waals surface area (Å²) in [6, 6.07) is 1.75. The molecule has 0 fully saturated rings. The summed E-state index contributed by atoms with van der Waals surface area (Å²) in [4.78, 5) is 12.3. The third-order valence-electron chi connectivity index (χ3n) is 1.48. The first-order valence-electron chi connectivity index (χ1n) is 4.06. The van der Waals surface area contributed by atoms with Crippen LogP contribution in [0.2, 0.25) is 0 Å². The largest absolute Gasteiger partial charge is 0.396 e. The Morgan fingerprint density at radius 2 is 2.54 bits per heavy atom. The fraction of sp³-hybridized carbons (Fsp3) is 0.500. The van der Waals surface area contributed by atoms with Crippen LogP contribution in [0, 0.1) is 6.92 Å². The summed E-state index contributed by atoms with van der Waals surface area (Å²) >= 11 is 1.31. The van der Waals surface area contributed by atoms with Gasteiger partial charge in [0.2, 0.25) is 0 Å². The third kappa shape index (κ3) is 3.12. The zero-order valence-electron chi connectivity index (χ0n) is 7.41. The van der Waals surface area contributed by atoms with Crippen molar-refractivity contribution >= 4 is 17.4 Å². The Morgan fingerprint density at radius 1 is 1.77 bits per heavy atom. The van der Waals surface area contributed by atoms with E-state index in [1.54, 1.807) is 6.07 Å². The zero-order chi connectivity index (χ0) is 9.68. The molecule has 1 aromatic heterocycles. The number of amides is 1. The van der Waals surface area contributed by atoms with Crippen LogP contribution in [0.15, 0.2) is 6.07 Å². The molecular formula is C8H12N2O2S. The van der Waals surface area contributed by atoms with E-state index < -0.39 is 0 Å². The molecule has 0 unspecified atom stereocenters. The fourth-order valence-corrected chi connectivity index (χ4v) is 1.39. The first-order chi connectivity index (χ1) is 6.24. The summed E-state index contributed by atoms with van der Waals surface area (Å²) in [6.45, 7) is 2.49. The minimum absolute atomic E-state index is 0.0936. The summed E-state index contributed by atoms with van der Waals surface area (Å²) < 4.78 is 3.96. The van der Waals surface area contributed by atoms with Gasteiger partial charge in [-0.25, -0.2) is 0 Å². The van der Waals surface area contributed by atoms with Gasteiger partial charge < -0.3 is 10.4 Å².